The number of aliphatic hydroxyl groups excluding tert-OH is 1. The lowest BCUT2D eigenvalue weighted by atomic mass is 10.0. The van der Waals surface area contributed by atoms with Crippen LogP contribution in [0, 0.1) is 5.92 Å². The van der Waals surface area contributed by atoms with E-state index in [0.29, 0.717) is 0 Å². The van der Waals surface area contributed by atoms with Gasteiger partial charge < -0.3 is 20.1 Å². The van der Waals surface area contributed by atoms with Gasteiger partial charge in [0.2, 0.25) is 0 Å². The van der Waals surface area contributed by atoms with E-state index in [1.54, 1.807) is 0 Å². The van der Waals surface area contributed by atoms with Gasteiger partial charge in [-0.15, -0.1) is 0 Å². The standard InChI is InChI=1S/C6H10O6/c1-12-4(6(10)11)3(2-7)5(8)9/h3-4,7H,2H2,1H3,(H,8,9)(H,10,11). The maximum Gasteiger partial charge on any atom is 0.333 e. The van der Waals surface area contributed by atoms with Crippen molar-refractivity contribution in [2.45, 2.75) is 6.10 Å². The van der Waals surface area contributed by atoms with Crippen molar-refractivity contribution >= 4 is 11.9 Å². The van der Waals surface area contributed by atoms with E-state index >= 15 is 0 Å². The Kier molecular flexibility index (Phi) is 4.24. The molecule has 70 valence electrons. The summed E-state index contributed by atoms with van der Waals surface area (Å²) in [7, 11) is 1.07. The maximum absolute atomic E-state index is 10.3. The van der Waals surface area contributed by atoms with Crippen LogP contribution in [-0.4, -0.2) is 47.1 Å². The molecular formula is C6H10O6. The van der Waals surface area contributed by atoms with Crippen LogP contribution in [0.2, 0.25) is 0 Å². The molecule has 0 spiro atoms. The summed E-state index contributed by atoms with van der Waals surface area (Å²) in [6.45, 7) is -0.764. The number of rotatable bonds is 5. The normalized spacial score (nSPS) is 15.2. The van der Waals surface area contributed by atoms with Gasteiger partial charge in [-0.2, -0.15) is 0 Å². The fourth-order valence-electron chi connectivity index (χ4n) is 0.741. The van der Waals surface area contributed by atoms with Crippen molar-refractivity contribution in [3.63, 3.8) is 0 Å². The number of ether oxygens (including phenoxy) is 1. The van der Waals surface area contributed by atoms with Crippen LogP contribution in [0.3, 0.4) is 0 Å². The van der Waals surface area contributed by atoms with Crippen molar-refractivity contribution in [3.05, 3.63) is 0 Å². The number of carboxylic acid groups (broad SMARTS) is 2. The molecule has 0 saturated heterocycles. The molecule has 0 aliphatic rings. The van der Waals surface area contributed by atoms with Gasteiger partial charge in [0.05, 0.1) is 6.61 Å². The first-order chi connectivity index (χ1) is 5.54. The molecule has 0 heterocycles. The molecule has 0 fully saturated rings. The second-order valence-electron chi connectivity index (χ2n) is 2.12. The van der Waals surface area contributed by atoms with Crippen molar-refractivity contribution < 1.29 is 29.6 Å². The Morgan fingerprint density at radius 2 is 1.83 bits per heavy atom. The van der Waals surface area contributed by atoms with Gasteiger partial charge in [0.15, 0.2) is 6.10 Å². The Hall–Kier alpha value is -1.14. The summed E-state index contributed by atoms with van der Waals surface area (Å²) in [6.07, 6.45) is -1.51. The highest BCUT2D eigenvalue weighted by Gasteiger charge is 2.33. The Morgan fingerprint density at radius 3 is 1.92 bits per heavy atom. The molecule has 0 aromatic rings. The van der Waals surface area contributed by atoms with Crippen LogP contribution in [0.5, 0.6) is 0 Å². The van der Waals surface area contributed by atoms with E-state index in [-0.39, 0.29) is 0 Å². The van der Waals surface area contributed by atoms with Gasteiger partial charge in [-0.25, -0.2) is 4.79 Å². The lowest BCUT2D eigenvalue weighted by molar-refractivity contribution is -0.163. The predicted octanol–water partition coefficient (Wildman–Crippen LogP) is -1.22. The first-order valence-corrected chi connectivity index (χ1v) is 3.13. The van der Waals surface area contributed by atoms with Crippen LogP contribution in [0.1, 0.15) is 0 Å². The van der Waals surface area contributed by atoms with E-state index in [2.05, 4.69) is 4.74 Å². The minimum absolute atomic E-state index is 0.764. The van der Waals surface area contributed by atoms with Gasteiger partial charge in [-0.1, -0.05) is 0 Å². The molecule has 6 nitrogen and oxygen atoms in total. The number of aliphatic hydroxyl groups is 1. The lowest BCUT2D eigenvalue weighted by Gasteiger charge is -2.15. The third kappa shape index (κ3) is 2.48. The molecule has 12 heavy (non-hydrogen) atoms. The first kappa shape index (κ1) is 10.9. The second kappa shape index (κ2) is 4.68. The van der Waals surface area contributed by atoms with Crippen molar-refractivity contribution in [1.82, 2.24) is 0 Å². The molecule has 0 rings (SSSR count). The minimum Gasteiger partial charge on any atom is -0.481 e. The fraction of sp³-hybridized carbons (Fsp3) is 0.667. The highest BCUT2D eigenvalue weighted by Crippen LogP contribution is 2.07. The average Bonchev–Trinajstić information content (AvgIpc) is 1.98. The van der Waals surface area contributed by atoms with Gasteiger partial charge in [0.25, 0.3) is 0 Å². The first-order valence-electron chi connectivity index (χ1n) is 3.13. The highest BCUT2D eigenvalue weighted by molar-refractivity contribution is 5.81. The minimum atomic E-state index is -1.51. The van der Waals surface area contributed by atoms with Crippen molar-refractivity contribution in [3.8, 4) is 0 Å². The number of hydrogen-bond acceptors (Lipinski definition) is 4. The Bertz CT molecular complexity index is 157. The predicted molar refractivity (Wildman–Crippen MR) is 36.6 cm³/mol. The van der Waals surface area contributed by atoms with Crippen LogP contribution in [0.15, 0.2) is 0 Å². The molecule has 6 heteroatoms. The third-order valence-corrected chi connectivity index (χ3v) is 1.38. The lowest BCUT2D eigenvalue weighted by Crippen LogP contribution is -2.38. The summed E-state index contributed by atoms with van der Waals surface area (Å²) in [4.78, 5) is 20.7. The van der Waals surface area contributed by atoms with Gasteiger partial charge in [0, 0.05) is 7.11 Å². The summed E-state index contributed by atoms with van der Waals surface area (Å²) < 4.78 is 4.39. The molecule has 0 aliphatic heterocycles. The maximum atomic E-state index is 10.3. The topological polar surface area (TPSA) is 104 Å². The van der Waals surface area contributed by atoms with Crippen molar-refractivity contribution in [1.29, 1.82) is 0 Å². The zero-order chi connectivity index (χ0) is 9.72. The average molecular weight is 178 g/mol. The summed E-state index contributed by atoms with van der Waals surface area (Å²) in [5, 5.41) is 25.4. The number of hydrogen-bond donors (Lipinski definition) is 3. The van der Waals surface area contributed by atoms with Crippen LogP contribution in [0.25, 0.3) is 0 Å². The number of methoxy groups -OCH3 is 1. The quantitative estimate of drug-likeness (QED) is 0.487. The highest BCUT2D eigenvalue weighted by atomic mass is 16.5. The molecule has 0 amide bonds. The SMILES string of the molecule is COC(C(=O)O)C(CO)C(=O)O. The smallest absolute Gasteiger partial charge is 0.333 e. The molecule has 0 saturated carbocycles. The van der Waals surface area contributed by atoms with E-state index in [1.165, 1.54) is 0 Å². The largest absolute Gasteiger partial charge is 0.481 e. The molecule has 0 aromatic heterocycles. The molecule has 0 aliphatic carbocycles. The molecule has 0 radical (unpaired) electrons. The number of carbonyl (C=O) groups is 2. The zero-order valence-corrected chi connectivity index (χ0v) is 6.43. The fourth-order valence-corrected chi connectivity index (χ4v) is 0.741. The molecule has 2 atom stereocenters. The van der Waals surface area contributed by atoms with Gasteiger partial charge in [-0.3, -0.25) is 4.79 Å². The zero-order valence-electron chi connectivity index (χ0n) is 6.43. The van der Waals surface area contributed by atoms with Crippen LogP contribution < -0.4 is 0 Å². The molecular weight excluding hydrogens is 168 g/mol. The molecule has 0 aromatic carbocycles. The Morgan fingerprint density at radius 1 is 1.33 bits per heavy atom. The van der Waals surface area contributed by atoms with Gasteiger partial charge in [0.1, 0.15) is 5.92 Å². The van der Waals surface area contributed by atoms with E-state index in [0.717, 1.165) is 7.11 Å². The summed E-state index contributed by atoms with van der Waals surface area (Å²) in [5.74, 6) is -4.22. The Balaban J connectivity index is 4.44. The van der Waals surface area contributed by atoms with E-state index in [1.807, 2.05) is 0 Å². The third-order valence-electron chi connectivity index (χ3n) is 1.38. The summed E-state index contributed by atoms with van der Waals surface area (Å²) in [6, 6.07) is 0. The van der Waals surface area contributed by atoms with Crippen molar-refractivity contribution in [2.75, 3.05) is 13.7 Å². The molecule has 2 unspecified atom stereocenters. The monoisotopic (exact) mass is 178 g/mol. The second-order valence-corrected chi connectivity index (χ2v) is 2.12. The summed E-state index contributed by atoms with van der Waals surface area (Å²) in [5.41, 5.74) is 0. The van der Waals surface area contributed by atoms with Gasteiger partial charge in [-0.05, 0) is 0 Å². The number of carboxylic acids is 2. The molecule has 3 N–H and O–H groups in total. The van der Waals surface area contributed by atoms with Crippen LogP contribution >= 0.6 is 0 Å². The Labute approximate surface area is 68.4 Å². The summed E-state index contributed by atoms with van der Waals surface area (Å²) >= 11 is 0. The van der Waals surface area contributed by atoms with Crippen molar-refractivity contribution in [2.24, 2.45) is 5.92 Å². The van der Waals surface area contributed by atoms with Gasteiger partial charge >= 0.3 is 11.9 Å². The van der Waals surface area contributed by atoms with Crippen LogP contribution in [-0.2, 0) is 14.3 Å². The van der Waals surface area contributed by atoms with E-state index in [9.17, 15) is 9.59 Å². The van der Waals surface area contributed by atoms with E-state index in [4.69, 9.17) is 15.3 Å². The number of aliphatic carboxylic acids is 2. The molecule has 0 bridgehead atoms. The van der Waals surface area contributed by atoms with E-state index < -0.39 is 30.6 Å². The van der Waals surface area contributed by atoms with Crippen LogP contribution in [0.4, 0.5) is 0 Å².